The van der Waals surface area contributed by atoms with Crippen LogP contribution in [0.2, 0.25) is 0 Å². The molecule has 1 heterocycles. The van der Waals surface area contributed by atoms with Crippen molar-refractivity contribution in [3.8, 4) is 23.0 Å². The maximum atomic E-state index is 13.7. The number of ether oxygens (including phenoxy) is 5. The highest BCUT2D eigenvalue weighted by Gasteiger charge is 2.33. The van der Waals surface area contributed by atoms with Crippen LogP contribution in [0.25, 0.3) is 0 Å². The monoisotopic (exact) mass is 709 g/mol. The van der Waals surface area contributed by atoms with Gasteiger partial charge in [0.05, 0.1) is 25.1 Å². The van der Waals surface area contributed by atoms with Crippen LogP contribution in [0.4, 0.5) is 28.9 Å². The molecule has 0 amide bonds. The minimum atomic E-state index is -3.14. The zero-order chi connectivity index (χ0) is 36.6. The lowest BCUT2D eigenvalue weighted by Gasteiger charge is -2.30. The molecule has 3 atom stereocenters. The maximum Gasteiger partial charge on any atom is 0.387 e. The number of alkyl halides is 4. The lowest BCUT2D eigenvalue weighted by molar-refractivity contribution is -0.146. The van der Waals surface area contributed by atoms with Gasteiger partial charge in [0.15, 0.2) is 0 Å². The van der Waals surface area contributed by atoms with Crippen LogP contribution in [0, 0.1) is 0 Å². The molecular weight excluding hydrogens is 662 g/mol. The second-order valence-electron chi connectivity index (χ2n) is 11.3. The van der Waals surface area contributed by atoms with Crippen LogP contribution in [0.15, 0.2) is 61.2 Å². The summed E-state index contributed by atoms with van der Waals surface area (Å²) < 4.78 is 81.6. The van der Waals surface area contributed by atoms with Gasteiger partial charge in [-0.1, -0.05) is 43.9 Å². The predicted octanol–water partition coefficient (Wildman–Crippen LogP) is 7.29. The molecule has 1 unspecified atom stereocenters. The summed E-state index contributed by atoms with van der Waals surface area (Å²) in [4.78, 5) is 14.2. The van der Waals surface area contributed by atoms with Gasteiger partial charge < -0.3 is 39.4 Å². The molecule has 10 nitrogen and oxygen atoms in total. The average molecular weight is 710 g/mol. The van der Waals surface area contributed by atoms with Gasteiger partial charge in [-0.15, -0.1) is 0 Å². The molecule has 0 bridgehead atoms. The van der Waals surface area contributed by atoms with Gasteiger partial charge in [0, 0.05) is 56.7 Å². The number of benzene rings is 2. The third-order valence-corrected chi connectivity index (χ3v) is 8.06. The zero-order valence-electron chi connectivity index (χ0n) is 28.8. The molecule has 1 aliphatic rings. The third kappa shape index (κ3) is 11.3. The van der Waals surface area contributed by atoms with Crippen molar-refractivity contribution in [3.05, 3.63) is 72.4 Å². The summed E-state index contributed by atoms with van der Waals surface area (Å²) in [6, 6.07) is 5.24. The zero-order valence-corrected chi connectivity index (χ0v) is 28.8. The molecule has 3 rings (SSSR count). The van der Waals surface area contributed by atoms with Crippen LogP contribution in [-0.4, -0.2) is 75.2 Å². The number of nitrogens with one attached hydrogen (secondary N) is 2. The second-order valence-corrected chi connectivity index (χ2v) is 11.3. The molecule has 3 N–H and O–H groups in total. The second kappa shape index (κ2) is 20.3. The fraction of sp³-hybridized carbons (Fsp3) is 0.472. The van der Waals surface area contributed by atoms with Crippen LogP contribution in [-0.2, 0) is 22.7 Å². The number of nitrogens with zero attached hydrogens (tertiary/aromatic N) is 1. The van der Waals surface area contributed by atoms with Crippen molar-refractivity contribution in [2.24, 2.45) is 0 Å². The molecular formula is C36H47F4N3O7. The number of aliphatic hydroxyl groups excluding tert-OH is 1. The molecule has 1 saturated heterocycles. The first kappa shape index (κ1) is 40.0. The van der Waals surface area contributed by atoms with E-state index in [2.05, 4.69) is 21.9 Å². The molecule has 14 heteroatoms. The molecule has 0 radical (unpaired) electrons. The number of esters is 1. The lowest BCUT2D eigenvalue weighted by Crippen LogP contribution is -2.37. The number of halogens is 4. The Hall–Kier alpha value is -4.43. The molecule has 0 aromatic heterocycles. The largest absolute Gasteiger partial charge is 0.484 e. The summed E-state index contributed by atoms with van der Waals surface area (Å²) in [6.45, 7) is -0.414. The van der Waals surface area contributed by atoms with Gasteiger partial charge in [0.1, 0.15) is 41.2 Å². The molecule has 2 aromatic carbocycles. The van der Waals surface area contributed by atoms with Crippen LogP contribution in [0.3, 0.4) is 0 Å². The van der Waals surface area contributed by atoms with Crippen LogP contribution >= 0.6 is 0 Å². The number of carbonyl (C=O) groups excluding carboxylic acids is 1. The van der Waals surface area contributed by atoms with E-state index in [9.17, 15) is 27.5 Å². The first-order valence-electron chi connectivity index (χ1n) is 16.4. The lowest BCUT2D eigenvalue weighted by atomic mass is 10.0. The number of anilines is 2. The van der Waals surface area contributed by atoms with Gasteiger partial charge in [0.2, 0.25) is 0 Å². The standard InChI is InChI=1S/C36H47F4N3O7/c1-6-8-10-14-28(29(15-11-9-7-2)48-33-20-31(50-36(39)40)24(22-44)18-26(33)42-4)47-32-19-30(49-35(37)38)23(17-25(32)41-3)21-43-16-12-13-27(43)34(45)46-5/h6,8-11,17-20,27-29,35-36,41-42,44H,1,7,12-16,21-22H2,2-5H3/b10-8-,11-9-/t27-,28?,29+/m0/s1. The summed E-state index contributed by atoms with van der Waals surface area (Å²) >= 11 is 0. The van der Waals surface area contributed by atoms with Gasteiger partial charge >= 0.3 is 19.2 Å². The Labute approximate surface area is 290 Å². The minimum absolute atomic E-state index is 0.126. The Bertz CT molecular complexity index is 1460. The number of methoxy groups -OCH3 is 1. The molecule has 276 valence electrons. The first-order valence-corrected chi connectivity index (χ1v) is 16.4. The Morgan fingerprint density at radius 1 is 0.900 bits per heavy atom. The van der Waals surface area contributed by atoms with Crippen molar-refractivity contribution in [1.82, 2.24) is 4.90 Å². The number of aliphatic hydroxyl groups is 1. The van der Waals surface area contributed by atoms with Crippen molar-refractivity contribution in [3.63, 3.8) is 0 Å². The molecule has 50 heavy (non-hydrogen) atoms. The summed E-state index contributed by atoms with van der Waals surface area (Å²) in [6.07, 6.45) is 10.1. The van der Waals surface area contributed by atoms with E-state index >= 15 is 0 Å². The molecule has 2 aromatic rings. The van der Waals surface area contributed by atoms with E-state index in [1.54, 1.807) is 38.4 Å². The van der Waals surface area contributed by atoms with Gasteiger partial charge in [-0.2, -0.15) is 17.6 Å². The summed E-state index contributed by atoms with van der Waals surface area (Å²) in [5.74, 6) is -0.425. The van der Waals surface area contributed by atoms with Crippen molar-refractivity contribution in [2.45, 2.75) is 83.7 Å². The number of likely N-dealkylation sites (tertiary alicyclic amines) is 1. The highest BCUT2D eigenvalue weighted by molar-refractivity contribution is 5.76. The van der Waals surface area contributed by atoms with Crippen molar-refractivity contribution >= 4 is 17.3 Å². The van der Waals surface area contributed by atoms with Gasteiger partial charge in [0.25, 0.3) is 0 Å². The Morgan fingerprint density at radius 3 is 1.96 bits per heavy atom. The quantitative estimate of drug-likeness (QED) is 0.0529. The number of hydrogen-bond acceptors (Lipinski definition) is 10. The summed E-state index contributed by atoms with van der Waals surface area (Å²) in [5, 5.41) is 15.8. The fourth-order valence-electron chi connectivity index (χ4n) is 5.68. The number of allylic oxidation sites excluding steroid dienone is 3. The average Bonchev–Trinajstić information content (AvgIpc) is 3.56. The Kier molecular flexibility index (Phi) is 16.2. The van der Waals surface area contributed by atoms with Gasteiger partial charge in [-0.25, -0.2) is 0 Å². The molecule has 1 fully saturated rings. The highest BCUT2D eigenvalue weighted by Crippen LogP contribution is 2.39. The van der Waals surface area contributed by atoms with Crippen LogP contribution in [0.1, 0.15) is 50.2 Å². The maximum absolute atomic E-state index is 13.7. The van der Waals surface area contributed by atoms with Crippen LogP contribution in [0.5, 0.6) is 23.0 Å². The van der Waals surface area contributed by atoms with Crippen molar-refractivity contribution < 1.29 is 51.1 Å². The molecule has 0 saturated carbocycles. The number of hydrogen-bond donors (Lipinski definition) is 3. The Balaban J connectivity index is 2.09. The van der Waals surface area contributed by atoms with E-state index in [0.29, 0.717) is 36.3 Å². The van der Waals surface area contributed by atoms with E-state index < -0.39 is 44.0 Å². The van der Waals surface area contributed by atoms with Gasteiger partial charge in [-0.3, -0.25) is 9.69 Å². The van der Waals surface area contributed by atoms with Crippen LogP contribution < -0.4 is 29.6 Å². The predicted molar refractivity (Wildman–Crippen MR) is 183 cm³/mol. The molecule has 0 aliphatic carbocycles. The topological polar surface area (TPSA) is 111 Å². The normalized spacial score (nSPS) is 16.2. The fourth-order valence-corrected chi connectivity index (χ4v) is 5.68. The van der Waals surface area contributed by atoms with E-state index in [0.717, 1.165) is 12.8 Å². The summed E-state index contributed by atoms with van der Waals surface area (Å²) in [5.41, 5.74) is 1.41. The SMILES string of the molecule is C=C/C=C\CC(Oc1cc(OC(F)F)c(CN2CCC[C@H]2C(=O)OC)cc1NC)[C@@H](C/C=C\CC)Oc1cc(OC(F)F)c(CO)cc1NC. The van der Waals surface area contributed by atoms with Crippen molar-refractivity contribution in [2.75, 3.05) is 38.4 Å². The first-order chi connectivity index (χ1) is 24.1. The Morgan fingerprint density at radius 2 is 1.46 bits per heavy atom. The van der Waals surface area contributed by atoms with E-state index in [4.69, 9.17) is 18.9 Å². The van der Waals surface area contributed by atoms with E-state index in [1.165, 1.54) is 25.3 Å². The van der Waals surface area contributed by atoms with E-state index in [-0.39, 0.29) is 41.5 Å². The third-order valence-electron chi connectivity index (χ3n) is 8.06. The number of rotatable bonds is 21. The molecule has 1 aliphatic heterocycles. The van der Waals surface area contributed by atoms with Crippen molar-refractivity contribution in [1.29, 1.82) is 0 Å². The summed E-state index contributed by atoms with van der Waals surface area (Å²) in [7, 11) is 4.58. The minimum Gasteiger partial charge on any atom is -0.484 e. The smallest absolute Gasteiger partial charge is 0.387 e. The number of carbonyl (C=O) groups is 1. The van der Waals surface area contributed by atoms with Gasteiger partial charge in [-0.05, 0) is 37.9 Å². The highest BCUT2D eigenvalue weighted by atomic mass is 19.3. The van der Waals surface area contributed by atoms with E-state index in [1.807, 2.05) is 24.0 Å². The molecule has 0 spiro atoms.